The van der Waals surface area contributed by atoms with Gasteiger partial charge in [0, 0.05) is 0 Å². The first-order chi connectivity index (χ1) is 6.76. The second-order valence-corrected chi connectivity index (χ2v) is 5.39. The molecule has 1 aromatic rings. The molecule has 15 heavy (non-hydrogen) atoms. The summed E-state index contributed by atoms with van der Waals surface area (Å²) in [5.74, 6) is -3.36. The second kappa shape index (κ2) is 3.89. The summed E-state index contributed by atoms with van der Waals surface area (Å²) in [6, 6.07) is 3.17. The molecule has 5 heteroatoms. The summed E-state index contributed by atoms with van der Waals surface area (Å²) in [5.41, 5.74) is 1.60. The van der Waals surface area contributed by atoms with Crippen molar-refractivity contribution >= 4 is 9.84 Å². The Morgan fingerprint density at radius 3 is 1.80 bits per heavy atom. The molecule has 0 atom stereocenters. The lowest BCUT2D eigenvalue weighted by atomic mass is 10.1. The van der Waals surface area contributed by atoms with E-state index in [0.717, 1.165) is 5.56 Å². The van der Waals surface area contributed by atoms with E-state index in [2.05, 4.69) is 0 Å². The van der Waals surface area contributed by atoms with Gasteiger partial charge in [0.1, 0.15) is 0 Å². The van der Waals surface area contributed by atoms with Gasteiger partial charge in [0.05, 0.1) is 4.90 Å². The first-order valence-corrected chi connectivity index (χ1v) is 5.91. The summed E-state index contributed by atoms with van der Waals surface area (Å²) in [6.45, 7) is 4.84. The van der Waals surface area contributed by atoms with Crippen molar-refractivity contribution in [2.75, 3.05) is 0 Å². The standard InChI is InChI=1S/C10H12F2O2S/c1-6-4-7(2)9(8(3)5-6)15(13,14)10(11)12/h4-5,10H,1-3H3. The highest BCUT2D eigenvalue weighted by atomic mass is 32.2. The van der Waals surface area contributed by atoms with Gasteiger partial charge in [-0.05, 0) is 31.9 Å². The van der Waals surface area contributed by atoms with Crippen LogP contribution in [-0.2, 0) is 9.84 Å². The molecule has 0 saturated carbocycles. The summed E-state index contributed by atoms with van der Waals surface area (Å²) >= 11 is 0. The van der Waals surface area contributed by atoms with Gasteiger partial charge in [-0.15, -0.1) is 0 Å². The lowest BCUT2D eigenvalue weighted by Gasteiger charge is -2.11. The first kappa shape index (κ1) is 12.1. The number of hydrogen-bond donors (Lipinski definition) is 0. The van der Waals surface area contributed by atoms with Crippen molar-refractivity contribution in [3.63, 3.8) is 0 Å². The van der Waals surface area contributed by atoms with Crippen LogP contribution in [0.1, 0.15) is 16.7 Å². The van der Waals surface area contributed by atoms with Crippen LogP contribution in [0.25, 0.3) is 0 Å². The zero-order valence-electron chi connectivity index (χ0n) is 8.71. The number of aryl methyl sites for hydroxylation is 3. The van der Waals surface area contributed by atoms with Crippen LogP contribution in [0, 0.1) is 20.8 Å². The molecule has 0 heterocycles. The molecule has 0 saturated heterocycles. The first-order valence-electron chi connectivity index (χ1n) is 4.36. The van der Waals surface area contributed by atoms with Crippen molar-refractivity contribution < 1.29 is 17.2 Å². The van der Waals surface area contributed by atoms with Gasteiger partial charge in [0.2, 0.25) is 9.84 Å². The Hall–Kier alpha value is -0.970. The van der Waals surface area contributed by atoms with Crippen LogP contribution in [0.15, 0.2) is 17.0 Å². The zero-order valence-corrected chi connectivity index (χ0v) is 9.53. The zero-order chi connectivity index (χ0) is 11.8. The quantitative estimate of drug-likeness (QED) is 0.788. The van der Waals surface area contributed by atoms with E-state index < -0.39 is 15.6 Å². The van der Waals surface area contributed by atoms with E-state index in [1.807, 2.05) is 0 Å². The van der Waals surface area contributed by atoms with Gasteiger partial charge in [-0.25, -0.2) is 8.42 Å². The van der Waals surface area contributed by atoms with Crippen LogP contribution in [0.4, 0.5) is 8.78 Å². The van der Waals surface area contributed by atoms with E-state index in [1.165, 1.54) is 13.8 Å². The van der Waals surface area contributed by atoms with Crippen molar-refractivity contribution in [3.05, 3.63) is 28.8 Å². The lowest BCUT2D eigenvalue weighted by Crippen LogP contribution is -2.14. The fourth-order valence-electron chi connectivity index (χ4n) is 1.70. The van der Waals surface area contributed by atoms with Gasteiger partial charge in [-0.1, -0.05) is 17.7 Å². The molecule has 0 unspecified atom stereocenters. The monoisotopic (exact) mass is 234 g/mol. The number of hydrogen-bond acceptors (Lipinski definition) is 2. The van der Waals surface area contributed by atoms with Crippen molar-refractivity contribution in [2.24, 2.45) is 0 Å². The Bertz CT molecular complexity index is 455. The molecule has 0 fully saturated rings. The molecule has 2 nitrogen and oxygen atoms in total. The van der Waals surface area contributed by atoms with Crippen molar-refractivity contribution in [2.45, 2.75) is 31.4 Å². The minimum Gasteiger partial charge on any atom is -0.218 e. The summed E-state index contributed by atoms with van der Waals surface area (Å²) in [5, 5.41) is 0. The average molecular weight is 234 g/mol. The fraction of sp³-hybridized carbons (Fsp3) is 0.400. The number of rotatable bonds is 2. The maximum atomic E-state index is 12.4. The van der Waals surface area contributed by atoms with E-state index in [4.69, 9.17) is 0 Å². The van der Waals surface area contributed by atoms with E-state index in [9.17, 15) is 17.2 Å². The highest BCUT2D eigenvalue weighted by molar-refractivity contribution is 7.91. The molecule has 0 aliphatic carbocycles. The number of benzene rings is 1. The molecular formula is C10H12F2O2S. The van der Waals surface area contributed by atoms with E-state index in [-0.39, 0.29) is 4.90 Å². The van der Waals surface area contributed by atoms with Gasteiger partial charge in [0.25, 0.3) is 0 Å². The molecule has 0 N–H and O–H groups in total. The number of sulfone groups is 1. The Balaban J connectivity index is 3.52. The van der Waals surface area contributed by atoms with E-state index in [1.54, 1.807) is 19.1 Å². The smallest absolute Gasteiger partial charge is 0.218 e. The van der Waals surface area contributed by atoms with Crippen LogP contribution in [0.3, 0.4) is 0 Å². The SMILES string of the molecule is Cc1cc(C)c(S(=O)(=O)C(F)F)c(C)c1. The van der Waals surface area contributed by atoms with Gasteiger partial charge in [-0.2, -0.15) is 8.78 Å². The normalized spacial score (nSPS) is 12.1. The third-order valence-electron chi connectivity index (χ3n) is 2.12. The molecule has 0 bridgehead atoms. The average Bonchev–Trinajstić information content (AvgIpc) is 2.00. The number of alkyl halides is 2. The van der Waals surface area contributed by atoms with Crippen molar-refractivity contribution in [3.8, 4) is 0 Å². The fourth-order valence-corrected chi connectivity index (χ4v) is 2.90. The molecule has 0 amide bonds. The van der Waals surface area contributed by atoms with Gasteiger partial charge in [0.15, 0.2) is 0 Å². The lowest BCUT2D eigenvalue weighted by molar-refractivity contribution is 0.234. The molecule has 0 aromatic heterocycles. The van der Waals surface area contributed by atoms with Crippen LogP contribution in [0.2, 0.25) is 0 Å². The molecule has 0 spiro atoms. The Morgan fingerprint density at radius 2 is 1.47 bits per heavy atom. The van der Waals surface area contributed by atoms with Crippen molar-refractivity contribution in [1.82, 2.24) is 0 Å². The number of halogens is 2. The Labute approximate surface area is 87.8 Å². The summed E-state index contributed by atoms with van der Waals surface area (Å²) in [6.07, 6.45) is 0. The maximum absolute atomic E-state index is 12.4. The molecular weight excluding hydrogens is 222 g/mol. The third-order valence-corrected chi connectivity index (χ3v) is 3.81. The predicted molar refractivity (Wildman–Crippen MR) is 53.8 cm³/mol. The second-order valence-electron chi connectivity index (χ2n) is 3.53. The highest BCUT2D eigenvalue weighted by Gasteiger charge is 2.29. The molecule has 0 radical (unpaired) electrons. The minimum absolute atomic E-state index is 0.247. The molecule has 0 aliphatic rings. The van der Waals surface area contributed by atoms with Crippen LogP contribution >= 0.6 is 0 Å². The summed E-state index contributed by atoms with van der Waals surface area (Å²) in [7, 11) is -4.49. The molecule has 84 valence electrons. The Morgan fingerprint density at radius 1 is 1.07 bits per heavy atom. The molecule has 1 rings (SSSR count). The van der Waals surface area contributed by atoms with E-state index >= 15 is 0 Å². The topological polar surface area (TPSA) is 34.1 Å². The summed E-state index contributed by atoms with van der Waals surface area (Å²) in [4.78, 5) is -0.247. The minimum atomic E-state index is -4.49. The largest absolute Gasteiger partial charge is 0.341 e. The molecule has 1 aromatic carbocycles. The van der Waals surface area contributed by atoms with Crippen LogP contribution < -0.4 is 0 Å². The third kappa shape index (κ3) is 2.17. The van der Waals surface area contributed by atoms with Crippen LogP contribution in [-0.4, -0.2) is 14.2 Å². The Kier molecular flexibility index (Phi) is 3.13. The summed E-state index contributed by atoms with van der Waals surface area (Å²) < 4.78 is 47.4. The van der Waals surface area contributed by atoms with Gasteiger partial charge < -0.3 is 0 Å². The van der Waals surface area contributed by atoms with E-state index in [0.29, 0.717) is 11.1 Å². The van der Waals surface area contributed by atoms with Crippen molar-refractivity contribution in [1.29, 1.82) is 0 Å². The van der Waals surface area contributed by atoms with Gasteiger partial charge in [-0.3, -0.25) is 0 Å². The molecule has 0 aliphatic heterocycles. The predicted octanol–water partition coefficient (Wildman–Crippen LogP) is 2.61. The highest BCUT2D eigenvalue weighted by Crippen LogP contribution is 2.26. The maximum Gasteiger partial charge on any atom is 0.341 e. The van der Waals surface area contributed by atoms with Crippen LogP contribution in [0.5, 0.6) is 0 Å². The van der Waals surface area contributed by atoms with Gasteiger partial charge >= 0.3 is 5.76 Å².